The average Bonchev–Trinajstić information content (AvgIpc) is 2.25. The summed E-state index contributed by atoms with van der Waals surface area (Å²) in [6.07, 6.45) is 1.65. The molecule has 0 unspecified atom stereocenters. The normalized spacial score (nSPS) is 18.9. The Bertz CT molecular complexity index is 392. The van der Waals surface area contributed by atoms with Gasteiger partial charge in [-0.2, -0.15) is 0 Å². The van der Waals surface area contributed by atoms with Crippen molar-refractivity contribution in [2.45, 2.75) is 18.8 Å². The van der Waals surface area contributed by atoms with Gasteiger partial charge in [0.1, 0.15) is 5.75 Å². The predicted molar refractivity (Wildman–Crippen MR) is 60.5 cm³/mol. The van der Waals surface area contributed by atoms with Crippen LogP contribution in [-0.4, -0.2) is 22.1 Å². The van der Waals surface area contributed by atoms with E-state index in [2.05, 4.69) is 16.1 Å². The molecule has 88 valence electrons. The third-order valence-electron chi connectivity index (χ3n) is 2.95. The fourth-order valence-corrected chi connectivity index (χ4v) is 2.45. The zero-order valence-corrected chi connectivity index (χ0v) is 10.2. The molecule has 0 bridgehead atoms. The summed E-state index contributed by atoms with van der Waals surface area (Å²) >= 11 is 3.37. The van der Waals surface area contributed by atoms with E-state index in [0.29, 0.717) is 5.56 Å². The molecule has 1 heterocycles. The fourth-order valence-electron chi connectivity index (χ4n) is 2.04. The Balaban J connectivity index is 2.23. The summed E-state index contributed by atoms with van der Waals surface area (Å²) in [7, 11) is 0. The SMILES string of the molecule is Oc1cc(F)c(F)cc1C1CCN(Br)CC1. The highest BCUT2D eigenvalue weighted by Crippen LogP contribution is 2.35. The highest BCUT2D eigenvalue weighted by Gasteiger charge is 2.23. The standard InChI is InChI=1S/C11H12BrF2NO/c12-15-3-1-7(2-4-15)8-5-9(13)10(14)6-11(8)16/h5-7,16H,1-4H2. The summed E-state index contributed by atoms with van der Waals surface area (Å²) < 4.78 is 27.9. The molecule has 0 atom stereocenters. The molecule has 1 aromatic rings. The second-order valence-corrected chi connectivity index (χ2v) is 5.01. The van der Waals surface area contributed by atoms with Gasteiger partial charge < -0.3 is 5.11 Å². The van der Waals surface area contributed by atoms with Crippen LogP contribution in [0.3, 0.4) is 0 Å². The van der Waals surface area contributed by atoms with E-state index >= 15 is 0 Å². The van der Waals surface area contributed by atoms with Crippen LogP contribution >= 0.6 is 16.1 Å². The second-order valence-electron chi connectivity index (χ2n) is 4.01. The molecule has 1 fully saturated rings. The highest BCUT2D eigenvalue weighted by atomic mass is 79.9. The van der Waals surface area contributed by atoms with Gasteiger partial charge in [0.05, 0.1) is 0 Å². The number of rotatable bonds is 1. The van der Waals surface area contributed by atoms with Crippen molar-refractivity contribution in [1.82, 2.24) is 3.93 Å². The van der Waals surface area contributed by atoms with Crippen LogP contribution in [0.2, 0.25) is 0 Å². The minimum atomic E-state index is -1.00. The van der Waals surface area contributed by atoms with E-state index in [9.17, 15) is 13.9 Å². The third kappa shape index (κ3) is 2.35. The molecule has 1 aromatic carbocycles. The lowest BCUT2D eigenvalue weighted by atomic mass is 9.89. The quantitative estimate of drug-likeness (QED) is 0.804. The topological polar surface area (TPSA) is 23.5 Å². The van der Waals surface area contributed by atoms with Crippen molar-refractivity contribution in [2.24, 2.45) is 0 Å². The van der Waals surface area contributed by atoms with Crippen molar-refractivity contribution in [2.75, 3.05) is 13.1 Å². The van der Waals surface area contributed by atoms with Crippen LogP contribution < -0.4 is 0 Å². The Morgan fingerprint density at radius 1 is 1.19 bits per heavy atom. The summed E-state index contributed by atoms with van der Waals surface area (Å²) in [6, 6.07) is 1.96. The number of piperidine rings is 1. The van der Waals surface area contributed by atoms with Crippen LogP contribution in [0.15, 0.2) is 12.1 Å². The maximum atomic E-state index is 13.1. The molecule has 1 aliphatic rings. The number of benzene rings is 1. The summed E-state index contributed by atoms with van der Waals surface area (Å²) in [5.41, 5.74) is 0.513. The van der Waals surface area contributed by atoms with E-state index in [1.54, 1.807) is 0 Å². The molecule has 0 aromatic heterocycles. The lowest BCUT2D eigenvalue weighted by molar-refractivity contribution is 0.345. The smallest absolute Gasteiger partial charge is 0.162 e. The van der Waals surface area contributed by atoms with Gasteiger partial charge in [0.2, 0.25) is 0 Å². The first-order valence-corrected chi connectivity index (χ1v) is 5.87. The van der Waals surface area contributed by atoms with E-state index in [1.165, 1.54) is 0 Å². The van der Waals surface area contributed by atoms with Crippen LogP contribution in [0, 0.1) is 11.6 Å². The van der Waals surface area contributed by atoms with Gasteiger partial charge >= 0.3 is 0 Å². The number of nitrogens with zero attached hydrogens (tertiary/aromatic N) is 1. The van der Waals surface area contributed by atoms with Crippen LogP contribution in [0.1, 0.15) is 24.3 Å². The molecule has 0 aliphatic carbocycles. The van der Waals surface area contributed by atoms with E-state index < -0.39 is 11.6 Å². The molecule has 0 spiro atoms. The zero-order valence-electron chi connectivity index (χ0n) is 8.59. The summed E-state index contributed by atoms with van der Waals surface area (Å²) in [4.78, 5) is 0. The Morgan fingerprint density at radius 3 is 2.38 bits per heavy atom. The Morgan fingerprint density at radius 2 is 1.75 bits per heavy atom. The molecule has 2 rings (SSSR count). The van der Waals surface area contributed by atoms with Gasteiger partial charge in [0.25, 0.3) is 0 Å². The zero-order chi connectivity index (χ0) is 11.7. The molecule has 1 aliphatic heterocycles. The minimum Gasteiger partial charge on any atom is -0.508 e. The third-order valence-corrected chi connectivity index (χ3v) is 3.66. The average molecular weight is 292 g/mol. The van der Waals surface area contributed by atoms with Crippen LogP contribution in [0.4, 0.5) is 8.78 Å². The van der Waals surface area contributed by atoms with Crippen molar-refractivity contribution < 1.29 is 13.9 Å². The van der Waals surface area contributed by atoms with Crippen LogP contribution in [0.5, 0.6) is 5.75 Å². The number of phenolic OH excluding ortho intramolecular Hbond substituents is 1. The van der Waals surface area contributed by atoms with Crippen molar-refractivity contribution in [3.05, 3.63) is 29.3 Å². The maximum Gasteiger partial charge on any atom is 0.162 e. The molecule has 0 amide bonds. The molecule has 2 nitrogen and oxygen atoms in total. The van der Waals surface area contributed by atoms with E-state index in [4.69, 9.17) is 0 Å². The van der Waals surface area contributed by atoms with Crippen molar-refractivity contribution in [3.63, 3.8) is 0 Å². The Kier molecular flexibility index (Phi) is 3.44. The van der Waals surface area contributed by atoms with Crippen molar-refractivity contribution in [1.29, 1.82) is 0 Å². The molecule has 16 heavy (non-hydrogen) atoms. The summed E-state index contributed by atoms with van der Waals surface area (Å²) in [6.45, 7) is 1.67. The number of hydrogen-bond acceptors (Lipinski definition) is 2. The van der Waals surface area contributed by atoms with Gasteiger partial charge in [-0.1, -0.05) is 0 Å². The lowest BCUT2D eigenvalue weighted by Crippen LogP contribution is -2.24. The maximum absolute atomic E-state index is 13.1. The number of hydrogen-bond donors (Lipinski definition) is 1. The Labute approximate surface area is 101 Å². The van der Waals surface area contributed by atoms with Gasteiger partial charge in [0, 0.05) is 40.9 Å². The second kappa shape index (κ2) is 4.67. The molecular weight excluding hydrogens is 280 g/mol. The first-order chi connectivity index (χ1) is 7.58. The molecule has 1 N–H and O–H groups in total. The number of aromatic hydroxyl groups is 1. The van der Waals surface area contributed by atoms with Gasteiger partial charge in [-0.25, -0.2) is 12.7 Å². The molecular formula is C11H12BrF2NO. The van der Waals surface area contributed by atoms with E-state index in [1.807, 2.05) is 3.93 Å². The number of halogens is 3. The Hall–Kier alpha value is -0.680. The predicted octanol–water partition coefficient (Wildman–Crippen LogP) is 3.16. The highest BCUT2D eigenvalue weighted by molar-refractivity contribution is 9.07. The van der Waals surface area contributed by atoms with Crippen LogP contribution in [-0.2, 0) is 0 Å². The van der Waals surface area contributed by atoms with Crippen LogP contribution in [0.25, 0.3) is 0 Å². The molecule has 1 saturated heterocycles. The number of phenols is 1. The first-order valence-electron chi connectivity index (χ1n) is 5.16. The van der Waals surface area contributed by atoms with Crippen molar-refractivity contribution in [3.8, 4) is 5.75 Å². The fraction of sp³-hybridized carbons (Fsp3) is 0.455. The van der Waals surface area contributed by atoms with Gasteiger partial charge in [-0.15, -0.1) is 0 Å². The summed E-state index contributed by atoms with van der Waals surface area (Å²) in [5.74, 6) is -1.94. The first kappa shape index (κ1) is 11.8. The van der Waals surface area contributed by atoms with E-state index in [0.717, 1.165) is 38.1 Å². The minimum absolute atomic E-state index is 0.101. The molecule has 0 saturated carbocycles. The van der Waals surface area contributed by atoms with E-state index in [-0.39, 0.29) is 11.7 Å². The van der Waals surface area contributed by atoms with Gasteiger partial charge in [-0.3, -0.25) is 0 Å². The van der Waals surface area contributed by atoms with Gasteiger partial charge in [-0.05, 0) is 24.8 Å². The largest absolute Gasteiger partial charge is 0.508 e. The summed E-state index contributed by atoms with van der Waals surface area (Å²) in [5, 5.41) is 9.60. The van der Waals surface area contributed by atoms with Gasteiger partial charge in [0.15, 0.2) is 11.6 Å². The van der Waals surface area contributed by atoms with Crippen molar-refractivity contribution >= 4 is 16.1 Å². The monoisotopic (exact) mass is 291 g/mol. The molecule has 0 radical (unpaired) electrons. The molecule has 5 heteroatoms. The lowest BCUT2D eigenvalue weighted by Gasteiger charge is -2.28.